The third kappa shape index (κ3) is 1.34. The molecule has 0 bridgehead atoms. The van der Waals surface area contributed by atoms with Crippen molar-refractivity contribution in [2.45, 2.75) is 31.7 Å². The van der Waals surface area contributed by atoms with Crippen molar-refractivity contribution in [3.63, 3.8) is 0 Å². The highest BCUT2D eigenvalue weighted by Crippen LogP contribution is 2.38. The third-order valence-corrected chi connectivity index (χ3v) is 3.28. The van der Waals surface area contributed by atoms with Crippen LogP contribution in [0, 0.1) is 0 Å². The van der Waals surface area contributed by atoms with Gasteiger partial charge in [0.1, 0.15) is 0 Å². The van der Waals surface area contributed by atoms with Gasteiger partial charge in [-0.1, -0.05) is 12.1 Å². The Morgan fingerprint density at radius 3 is 2.86 bits per heavy atom. The first kappa shape index (κ1) is 8.41. The lowest BCUT2D eigenvalue weighted by molar-refractivity contribution is 0.104. The predicted molar refractivity (Wildman–Crippen MR) is 53.1 cm³/mol. The van der Waals surface area contributed by atoms with Crippen LogP contribution in [0.15, 0.2) is 6.20 Å². The summed E-state index contributed by atoms with van der Waals surface area (Å²) in [6, 6.07) is 0.579. The van der Waals surface area contributed by atoms with E-state index in [-0.39, 0.29) is 0 Å². The Hall–Kier alpha value is -0.900. The molecule has 0 atom stereocenters. The molecule has 0 amide bonds. The van der Waals surface area contributed by atoms with Crippen molar-refractivity contribution in [3.8, 4) is 0 Å². The zero-order valence-corrected chi connectivity index (χ0v) is 8.56. The fraction of sp³-hybridized carbons (Fsp3) is 0.800. The van der Waals surface area contributed by atoms with E-state index in [1.165, 1.54) is 18.5 Å². The standard InChI is InChI=1S/C10H16N4/c1-2-13-5-9(6-13)14-7-10(11-12-14)8-3-4-8/h7-9H,2-6H2,1H3. The molecule has 0 spiro atoms. The van der Waals surface area contributed by atoms with Crippen LogP contribution in [0.4, 0.5) is 0 Å². The van der Waals surface area contributed by atoms with Crippen LogP contribution in [0.2, 0.25) is 0 Å². The zero-order valence-electron chi connectivity index (χ0n) is 8.56. The van der Waals surface area contributed by atoms with Gasteiger partial charge in [0, 0.05) is 25.2 Å². The van der Waals surface area contributed by atoms with Gasteiger partial charge in [0.2, 0.25) is 0 Å². The summed E-state index contributed by atoms with van der Waals surface area (Å²) in [6.45, 7) is 5.64. The van der Waals surface area contributed by atoms with Crippen molar-refractivity contribution in [2.24, 2.45) is 0 Å². The number of likely N-dealkylation sites (tertiary alicyclic amines) is 1. The lowest BCUT2D eigenvalue weighted by atomic mass is 10.1. The average Bonchev–Trinajstić information content (AvgIpc) is 2.86. The molecule has 0 N–H and O–H groups in total. The average molecular weight is 192 g/mol. The maximum atomic E-state index is 4.23. The van der Waals surface area contributed by atoms with Crippen molar-refractivity contribution in [1.29, 1.82) is 0 Å². The molecule has 1 aromatic heterocycles. The molecule has 2 fully saturated rings. The Balaban J connectivity index is 1.66. The minimum Gasteiger partial charge on any atom is -0.299 e. The fourth-order valence-electron chi connectivity index (χ4n) is 2.00. The monoisotopic (exact) mass is 192 g/mol. The van der Waals surface area contributed by atoms with E-state index in [0.29, 0.717) is 6.04 Å². The first-order valence-electron chi connectivity index (χ1n) is 5.51. The highest BCUT2D eigenvalue weighted by Gasteiger charge is 2.31. The summed E-state index contributed by atoms with van der Waals surface area (Å²) in [5, 5.41) is 8.43. The van der Waals surface area contributed by atoms with Gasteiger partial charge in [-0.05, 0) is 19.4 Å². The summed E-state index contributed by atoms with van der Waals surface area (Å²) >= 11 is 0. The minimum absolute atomic E-state index is 0.579. The molecule has 4 nitrogen and oxygen atoms in total. The van der Waals surface area contributed by atoms with Crippen LogP contribution in [0.25, 0.3) is 0 Å². The molecule has 2 aliphatic rings. The Bertz CT molecular complexity index is 323. The summed E-state index contributed by atoms with van der Waals surface area (Å²) in [4.78, 5) is 2.42. The molecule has 2 heterocycles. The Morgan fingerprint density at radius 2 is 2.21 bits per heavy atom. The lowest BCUT2D eigenvalue weighted by Gasteiger charge is -2.37. The molecule has 1 aromatic rings. The number of aromatic nitrogens is 3. The SMILES string of the molecule is CCN1CC(n2cc(C3CC3)nn2)C1. The summed E-state index contributed by atoms with van der Waals surface area (Å²) in [7, 11) is 0. The van der Waals surface area contributed by atoms with Crippen LogP contribution in [0.5, 0.6) is 0 Å². The topological polar surface area (TPSA) is 34.0 Å². The smallest absolute Gasteiger partial charge is 0.0858 e. The van der Waals surface area contributed by atoms with Gasteiger partial charge in [-0.2, -0.15) is 0 Å². The number of nitrogens with zero attached hydrogens (tertiary/aromatic N) is 4. The van der Waals surface area contributed by atoms with Crippen LogP contribution >= 0.6 is 0 Å². The van der Waals surface area contributed by atoms with Crippen molar-refractivity contribution in [1.82, 2.24) is 19.9 Å². The van der Waals surface area contributed by atoms with E-state index in [9.17, 15) is 0 Å². The van der Waals surface area contributed by atoms with E-state index in [2.05, 4.69) is 33.0 Å². The molecular formula is C10H16N4. The normalized spacial score (nSPS) is 23.8. The quantitative estimate of drug-likeness (QED) is 0.717. The van der Waals surface area contributed by atoms with Crippen molar-refractivity contribution >= 4 is 0 Å². The number of likely N-dealkylation sites (N-methyl/N-ethyl adjacent to an activating group) is 1. The number of hydrogen-bond acceptors (Lipinski definition) is 3. The van der Waals surface area contributed by atoms with Gasteiger partial charge in [0.05, 0.1) is 11.7 Å². The second-order valence-electron chi connectivity index (χ2n) is 4.40. The molecule has 1 aliphatic carbocycles. The molecule has 76 valence electrons. The second kappa shape index (κ2) is 3.05. The van der Waals surface area contributed by atoms with E-state index >= 15 is 0 Å². The lowest BCUT2D eigenvalue weighted by Crippen LogP contribution is -2.47. The Morgan fingerprint density at radius 1 is 1.43 bits per heavy atom. The molecule has 4 heteroatoms. The van der Waals surface area contributed by atoms with Crippen molar-refractivity contribution in [2.75, 3.05) is 19.6 Å². The van der Waals surface area contributed by atoms with E-state index < -0.39 is 0 Å². The molecule has 1 saturated carbocycles. The molecule has 1 aliphatic heterocycles. The van der Waals surface area contributed by atoms with Crippen LogP contribution in [0.1, 0.15) is 37.4 Å². The van der Waals surface area contributed by atoms with Gasteiger partial charge in [0.15, 0.2) is 0 Å². The summed E-state index contributed by atoms with van der Waals surface area (Å²) in [5.41, 5.74) is 1.21. The van der Waals surface area contributed by atoms with Gasteiger partial charge < -0.3 is 0 Å². The Labute approximate surface area is 83.9 Å². The van der Waals surface area contributed by atoms with Crippen LogP contribution in [-0.4, -0.2) is 39.5 Å². The van der Waals surface area contributed by atoms with E-state index in [1.54, 1.807) is 0 Å². The molecular weight excluding hydrogens is 176 g/mol. The van der Waals surface area contributed by atoms with Gasteiger partial charge in [-0.3, -0.25) is 4.90 Å². The number of rotatable bonds is 3. The number of hydrogen-bond donors (Lipinski definition) is 0. The summed E-state index contributed by atoms with van der Waals surface area (Å²) in [5.74, 6) is 0.728. The maximum Gasteiger partial charge on any atom is 0.0858 e. The van der Waals surface area contributed by atoms with Crippen LogP contribution in [-0.2, 0) is 0 Å². The van der Waals surface area contributed by atoms with Crippen molar-refractivity contribution < 1.29 is 0 Å². The maximum absolute atomic E-state index is 4.23. The second-order valence-corrected chi connectivity index (χ2v) is 4.40. The summed E-state index contributed by atoms with van der Waals surface area (Å²) in [6.07, 6.45) is 4.77. The van der Waals surface area contributed by atoms with Crippen LogP contribution < -0.4 is 0 Å². The first-order valence-corrected chi connectivity index (χ1v) is 5.51. The van der Waals surface area contributed by atoms with Gasteiger partial charge >= 0.3 is 0 Å². The van der Waals surface area contributed by atoms with E-state index in [1.807, 2.05) is 0 Å². The first-order chi connectivity index (χ1) is 6.86. The molecule has 14 heavy (non-hydrogen) atoms. The van der Waals surface area contributed by atoms with Crippen LogP contribution in [0.3, 0.4) is 0 Å². The molecule has 0 aromatic carbocycles. The third-order valence-electron chi connectivity index (χ3n) is 3.28. The minimum atomic E-state index is 0.579. The largest absolute Gasteiger partial charge is 0.299 e. The predicted octanol–water partition coefficient (Wildman–Crippen LogP) is 1.03. The highest BCUT2D eigenvalue weighted by molar-refractivity contribution is 5.09. The fourth-order valence-corrected chi connectivity index (χ4v) is 2.00. The highest BCUT2D eigenvalue weighted by atomic mass is 15.5. The van der Waals surface area contributed by atoms with Gasteiger partial charge in [-0.15, -0.1) is 5.10 Å². The van der Waals surface area contributed by atoms with Gasteiger partial charge in [-0.25, -0.2) is 4.68 Å². The molecule has 0 unspecified atom stereocenters. The Kier molecular flexibility index (Phi) is 1.83. The van der Waals surface area contributed by atoms with E-state index in [4.69, 9.17) is 0 Å². The van der Waals surface area contributed by atoms with Gasteiger partial charge in [0.25, 0.3) is 0 Å². The van der Waals surface area contributed by atoms with E-state index in [0.717, 1.165) is 25.6 Å². The molecule has 0 radical (unpaired) electrons. The molecule has 1 saturated heterocycles. The summed E-state index contributed by atoms with van der Waals surface area (Å²) < 4.78 is 2.06. The zero-order chi connectivity index (χ0) is 9.54. The van der Waals surface area contributed by atoms with Crippen molar-refractivity contribution in [3.05, 3.63) is 11.9 Å². The molecule has 3 rings (SSSR count).